The molecule has 1 unspecified atom stereocenters. The molecular weight excluding hydrogens is 330 g/mol. The lowest BCUT2D eigenvalue weighted by atomic mass is 10.1. The van der Waals surface area contributed by atoms with Crippen LogP contribution in [-0.2, 0) is 17.9 Å². The van der Waals surface area contributed by atoms with Crippen molar-refractivity contribution in [2.75, 3.05) is 26.2 Å². The number of hydrogen-bond donors (Lipinski definition) is 1. The smallest absolute Gasteiger partial charge is 0.194 e. The first-order valence-electron chi connectivity index (χ1n) is 9.01. The summed E-state index contributed by atoms with van der Waals surface area (Å²) in [4.78, 5) is 7.17. The minimum absolute atomic E-state index is 0.578. The summed E-state index contributed by atoms with van der Waals surface area (Å²) in [7, 11) is 0. The molecule has 0 aliphatic carbocycles. The Labute approximate surface area is 154 Å². The normalized spacial score (nSPS) is 17.9. The van der Waals surface area contributed by atoms with Crippen molar-refractivity contribution in [1.29, 1.82) is 0 Å². The fourth-order valence-corrected chi connectivity index (χ4v) is 3.71. The van der Waals surface area contributed by atoms with E-state index in [1.165, 1.54) is 11.1 Å². The highest BCUT2D eigenvalue weighted by atomic mass is 32.1. The summed E-state index contributed by atoms with van der Waals surface area (Å²) in [5, 5.41) is 7.70. The molecule has 134 valence electrons. The first-order chi connectivity index (χ1) is 12.3. The molecule has 1 aromatic heterocycles. The summed E-state index contributed by atoms with van der Waals surface area (Å²) in [6, 6.07) is 12.5. The van der Waals surface area contributed by atoms with E-state index < -0.39 is 0 Å². The fraction of sp³-hybridized carbons (Fsp3) is 0.450. The largest absolute Gasteiger partial charge is 0.376 e. The van der Waals surface area contributed by atoms with Gasteiger partial charge >= 0.3 is 0 Å². The maximum Gasteiger partial charge on any atom is 0.194 e. The number of aliphatic imine (C=N–C) groups is 1. The van der Waals surface area contributed by atoms with Crippen molar-refractivity contribution in [2.45, 2.75) is 26.5 Å². The van der Waals surface area contributed by atoms with Crippen LogP contribution in [0.3, 0.4) is 0 Å². The third-order valence-corrected chi connectivity index (χ3v) is 5.11. The summed E-state index contributed by atoms with van der Waals surface area (Å²) in [6.45, 7) is 7.35. The first kappa shape index (κ1) is 18.0. The van der Waals surface area contributed by atoms with E-state index in [1.54, 1.807) is 11.3 Å². The standard InChI is InChI=1S/C20H27N3OS/c1-2-21-20(22-12-18-9-11-25-16-18)23-10-8-19(13-23)15-24-14-17-6-4-3-5-7-17/h3-7,9,11,16,19H,2,8,10,12-15H2,1H3,(H,21,22). The lowest BCUT2D eigenvalue weighted by Crippen LogP contribution is -2.40. The molecule has 3 rings (SSSR count). The molecule has 1 aliphatic heterocycles. The van der Waals surface area contributed by atoms with Crippen molar-refractivity contribution in [3.8, 4) is 0 Å². The Morgan fingerprint density at radius 3 is 2.92 bits per heavy atom. The molecule has 4 nitrogen and oxygen atoms in total. The Balaban J connectivity index is 1.46. The van der Waals surface area contributed by atoms with E-state index in [4.69, 9.17) is 9.73 Å². The first-order valence-corrected chi connectivity index (χ1v) is 9.95. The van der Waals surface area contributed by atoms with Crippen LogP contribution in [0.5, 0.6) is 0 Å². The molecule has 1 aromatic carbocycles. The quantitative estimate of drug-likeness (QED) is 0.606. The van der Waals surface area contributed by atoms with Gasteiger partial charge < -0.3 is 15.0 Å². The molecule has 1 saturated heterocycles. The minimum atomic E-state index is 0.578. The SMILES string of the molecule is CCNC(=NCc1ccsc1)N1CCC(COCc2ccccc2)C1. The summed E-state index contributed by atoms with van der Waals surface area (Å²) in [6.07, 6.45) is 1.16. The number of thiophene rings is 1. The maximum absolute atomic E-state index is 5.92. The third-order valence-electron chi connectivity index (χ3n) is 4.38. The Morgan fingerprint density at radius 1 is 1.28 bits per heavy atom. The average Bonchev–Trinajstić information content (AvgIpc) is 3.32. The van der Waals surface area contributed by atoms with Gasteiger partial charge in [-0.3, -0.25) is 0 Å². The molecule has 0 radical (unpaired) electrons. The molecule has 2 heterocycles. The predicted molar refractivity (Wildman–Crippen MR) is 105 cm³/mol. The zero-order chi connectivity index (χ0) is 17.3. The number of benzene rings is 1. The van der Waals surface area contributed by atoms with Crippen LogP contribution in [0.15, 0.2) is 52.2 Å². The minimum Gasteiger partial charge on any atom is -0.376 e. The van der Waals surface area contributed by atoms with Gasteiger partial charge in [-0.05, 0) is 41.3 Å². The fourth-order valence-electron chi connectivity index (χ4n) is 3.05. The number of likely N-dealkylation sites (tertiary alicyclic amines) is 1. The predicted octanol–water partition coefficient (Wildman–Crippen LogP) is 3.75. The summed E-state index contributed by atoms with van der Waals surface area (Å²) in [5.74, 6) is 1.60. The van der Waals surface area contributed by atoms with Crippen LogP contribution in [0.1, 0.15) is 24.5 Å². The van der Waals surface area contributed by atoms with Gasteiger partial charge in [-0.25, -0.2) is 4.99 Å². The molecule has 5 heteroatoms. The lowest BCUT2D eigenvalue weighted by Gasteiger charge is -2.21. The second kappa shape index (κ2) is 9.59. The van der Waals surface area contributed by atoms with E-state index in [0.717, 1.165) is 45.2 Å². The maximum atomic E-state index is 5.92. The molecule has 0 amide bonds. The van der Waals surface area contributed by atoms with Crippen LogP contribution in [0.4, 0.5) is 0 Å². The Morgan fingerprint density at radius 2 is 2.16 bits per heavy atom. The molecule has 1 atom stereocenters. The number of ether oxygens (including phenoxy) is 1. The van der Waals surface area contributed by atoms with Gasteiger partial charge in [0.1, 0.15) is 0 Å². The molecule has 0 spiro atoms. The number of hydrogen-bond acceptors (Lipinski definition) is 3. The number of rotatable bonds is 7. The Hall–Kier alpha value is -1.85. The second-order valence-electron chi connectivity index (χ2n) is 6.40. The van der Waals surface area contributed by atoms with Crippen molar-refractivity contribution in [3.05, 3.63) is 58.3 Å². The van der Waals surface area contributed by atoms with E-state index in [-0.39, 0.29) is 0 Å². The molecule has 25 heavy (non-hydrogen) atoms. The highest BCUT2D eigenvalue weighted by Gasteiger charge is 2.24. The molecule has 1 aliphatic rings. The van der Waals surface area contributed by atoms with E-state index in [9.17, 15) is 0 Å². The summed E-state index contributed by atoms with van der Waals surface area (Å²) in [5.41, 5.74) is 2.52. The van der Waals surface area contributed by atoms with Crippen molar-refractivity contribution in [1.82, 2.24) is 10.2 Å². The van der Waals surface area contributed by atoms with Crippen LogP contribution in [0.2, 0.25) is 0 Å². The second-order valence-corrected chi connectivity index (χ2v) is 7.18. The number of nitrogens with one attached hydrogen (secondary N) is 1. The molecule has 0 saturated carbocycles. The van der Waals surface area contributed by atoms with E-state index in [2.05, 4.69) is 58.2 Å². The lowest BCUT2D eigenvalue weighted by molar-refractivity contribution is 0.0906. The Bertz CT molecular complexity index is 642. The zero-order valence-electron chi connectivity index (χ0n) is 14.9. The van der Waals surface area contributed by atoms with Crippen LogP contribution in [0, 0.1) is 5.92 Å². The monoisotopic (exact) mass is 357 g/mol. The molecule has 1 N–H and O–H groups in total. The number of guanidine groups is 1. The summed E-state index contributed by atoms with van der Waals surface area (Å²) < 4.78 is 5.92. The Kier molecular flexibility index (Phi) is 6.89. The van der Waals surface area contributed by atoms with Crippen molar-refractivity contribution in [3.63, 3.8) is 0 Å². The van der Waals surface area contributed by atoms with Gasteiger partial charge in [-0.15, -0.1) is 0 Å². The van der Waals surface area contributed by atoms with Crippen molar-refractivity contribution < 1.29 is 4.74 Å². The van der Waals surface area contributed by atoms with Crippen LogP contribution in [0.25, 0.3) is 0 Å². The van der Waals surface area contributed by atoms with Gasteiger partial charge in [-0.2, -0.15) is 11.3 Å². The van der Waals surface area contributed by atoms with E-state index in [1.807, 2.05) is 6.07 Å². The van der Waals surface area contributed by atoms with E-state index in [0.29, 0.717) is 12.5 Å². The van der Waals surface area contributed by atoms with Gasteiger partial charge in [0.15, 0.2) is 5.96 Å². The van der Waals surface area contributed by atoms with Gasteiger partial charge in [0.05, 0.1) is 19.8 Å². The average molecular weight is 358 g/mol. The highest BCUT2D eigenvalue weighted by molar-refractivity contribution is 7.07. The topological polar surface area (TPSA) is 36.9 Å². The van der Waals surface area contributed by atoms with Crippen molar-refractivity contribution in [2.24, 2.45) is 10.9 Å². The van der Waals surface area contributed by atoms with E-state index >= 15 is 0 Å². The van der Waals surface area contributed by atoms with Crippen LogP contribution in [-0.4, -0.2) is 37.1 Å². The highest BCUT2D eigenvalue weighted by Crippen LogP contribution is 2.18. The van der Waals surface area contributed by atoms with Gasteiger partial charge in [0.25, 0.3) is 0 Å². The van der Waals surface area contributed by atoms with Gasteiger partial charge in [0, 0.05) is 25.6 Å². The van der Waals surface area contributed by atoms with Crippen LogP contribution < -0.4 is 5.32 Å². The number of nitrogens with zero attached hydrogens (tertiary/aromatic N) is 2. The van der Waals surface area contributed by atoms with Crippen LogP contribution >= 0.6 is 11.3 Å². The third kappa shape index (κ3) is 5.58. The molecule has 2 aromatic rings. The van der Waals surface area contributed by atoms with Gasteiger partial charge in [0.2, 0.25) is 0 Å². The summed E-state index contributed by atoms with van der Waals surface area (Å²) >= 11 is 1.72. The van der Waals surface area contributed by atoms with Crippen molar-refractivity contribution >= 4 is 17.3 Å². The molecule has 1 fully saturated rings. The molecule has 0 bridgehead atoms. The molecular formula is C20H27N3OS. The zero-order valence-corrected chi connectivity index (χ0v) is 15.7. The van der Waals surface area contributed by atoms with Gasteiger partial charge in [-0.1, -0.05) is 30.3 Å².